The fourth-order valence-corrected chi connectivity index (χ4v) is 2.88. The zero-order valence-electron chi connectivity index (χ0n) is 13.7. The van der Waals surface area contributed by atoms with Crippen LogP contribution in [0.25, 0.3) is 6.08 Å². The molecule has 0 radical (unpaired) electrons. The van der Waals surface area contributed by atoms with Crippen LogP contribution in [0.1, 0.15) is 31.7 Å². The summed E-state index contributed by atoms with van der Waals surface area (Å²) in [7, 11) is 0. The molecule has 0 atom stereocenters. The second-order valence-corrected chi connectivity index (χ2v) is 6.36. The summed E-state index contributed by atoms with van der Waals surface area (Å²) in [5, 5.41) is 1.06. The van der Waals surface area contributed by atoms with Gasteiger partial charge in [0.1, 0.15) is 0 Å². The SMILES string of the molecule is CCCCN(C(=O)C/C=C/c1ccccc1)c1ccc(Cl)cc1Cl. The van der Waals surface area contributed by atoms with Gasteiger partial charge >= 0.3 is 0 Å². The molecule has 2 rings (SSSR count). The van der Waals surface area contributed by atoms with Crippen molar-refractivity contribution in [2.24, 2.45) is 0 Å². The summed E-state index contributed by atoms with van der Waals surface area (Å²) in [6.07, 6.45) is 6.11. The summed E-state index contributed by atoms with van der Waals surface area (Å²) >= 11 is 12.2. The number of halogens is 2. The van der Waals surface area contributed by atoms with E-state index in [1.54, 1.807) is 23.1 Å². The third-order valence-corrected chi connectivity index (χ3v) is 4.18. The van der Waals surface area contributed by atoms with E-state index in [-0.39, 0.29) is 5.91 Å². The predicted octanol–water partition coefficient (Wildman–Crippen LogP) is 6.23. The van der Waals surface area contributed by atoms with E-state index in [2.05, 4.69) is 6.92 Å². The van der Waals surface area contributed by atoms with Crippen LogP contribution in [0.5, 0.6) is 0 Å². The van der Waals surface area contributed by atoms with Gasteiger partial charge in [-0.05, 0) is 30.2 Å². The first-order valence-electron chi connectivity index (χ1n) is 8.09. The van der Waals surface area contributed by atoms with Gasteiger partial charge in [-0.2, -0.15) is 0 Å². The fraction of sp³-hybridized carbons (Fsp3) is 0.250. The largest absolute Gasteiger partial charge is 0.311 e. The third kappa shape index (κ3) is 5.40. The molecule has 0 saturated carbocycles. The minimum absolute atomic E-state index is 0.0276. The number of hydrogen-bond donors (Lipinski definition) is 0. The standard InChI is InChI=1S/C20H21Cl2NO/c1-2-3-14-23(19-13-12-17(21)15-18(19)22)20(24)11-7-10-16-8-5-4-6-9-16/h4-10,12-13,15H,2-3,11,14H2,1H3/b10-7+. The Balaban J connectivity index is 2.11. The van der Waals surface area contributed by atoms with Crippen LogP contribution < -0.4 is 4.90 Å². The molecule has 24 heavy (non-hydrogen) atoms. The average molecular weight is 362 g/mol. The maximum absolute atomic E-state index is 12.7. The Morgan fingerprint density at radius 2 is 1.88 bits per heavy atom. The van der Waals surface area contributed by atoms with E-state index < -0.39 is 0 Å². The van der Waals surface area contributed by atoms with Gasteiger partial charge in [0.05, 0.1) is 10.7 Å². The Hall–Kier alpha value is -1.77. The molecule has 0 aliphatic heterocycles. The highest BCUT2D eigenvalue weighted by Gasteiger charge is 2.17. The van der Waals surface area contributed by atoms with Crippen molar-refractivity contribution in [1.29, 1.82) is 0 Å². The Labute approximate surface area is 153 Å². The van der Waals surface area contributed by atoms with Crippen molar-refractivity contribution in [2.75, 3.05) is 11.4 Å². The topological polar surface area (TPSA) is 20.3 Å². The van der Waals surface area contributed by atoms with Gasteiger partial charge in [-0.1, -0.05) is 79.0 Å². The quantitative estimate of drug-likeness (QED) is 0.572. The van der Waals surface area contributed by atoms with E-state index in [0.29, 0.717) is 28.7 Å². The van der Waals surface area contributed by atoms with E-state index in [4.69, 9.17) is 23.2 Å². The molecule has 2 aromatic rings. The average Bonchev–Trinajstić information content (AvgIpc) is 2.57. The minimum Gasteiger partial charge on any atom is -0.311 e. The lowest BCUT2D eigenvalue weighted by atomic mass is 10.2. The van der Waals surface area contributed by atoms with Gasteiger partial charge in [0, 0.05) is 18.0 Å². The summed E-state index contributed by atoms with van der Waals surface area (Å²) in [6.45, 7) is 2.75. The maximum atomic E-state index is 12.7. The molecule has 0 unspecified atom stereocenters. The van der Waals surface area contributed by atoms with Crippen molar-refractivity contribution in [3.05, 3.63) is 70.2 Å². The summed E-state index contributed by atoms with van der Waals surface area (Å²) in [5.41, 5.74) is 1.79. The van der Waals surface area contributed by atoms with Gasteiger partial charge in [0.15, 0.2) is 0 Å². The Morgan fingerprint density at radius 1 is 1.12 bits per heavy atom. The summed E-state index contributed by atoms with van der Waals surface area (Å²) in [5.74, 6) is 0.0276. The summed E-state index contributed by atoms with van der Waals surface area (Å²) < 4.78 is 0. The molecular formula is C20H21Cl2NO. The smallest absolute Gasteiger partial charge is 0.230 e. The van der Waals surface area contributed by atoms with E-state index in [1.165, 1.54) is 0 Å². The van der Waals surface area contributed by atoms with Crippen LogP contribution in [0.3, 0.4) is 0 Å². The van der Waals surface area contributed by atoms with E-state index in [0.717, 1.165) is 18.4 Å². The molecule has 0 aliphatic rings. The second kappa shape index (κ2) is 9.51. The third-order valence-electron chi connectivity index (χ3n) is 3.64. The first-order valence-corrected chi connectivity index (χ1v) is 8.84. The summed E-state index contributed by atoms with van der Waals surface area (Å²) in [4.78, 5) is 14.4. The zero-order valence-corrected chi connectivity index (χ0v) is 15.2. The molecule has 0 N–H and O–H groups in total. The Kier molecular flexibility index (Phi) is 7.36. The Morgan fingerprint density at radius 3 is 2.54 bits per heavy atom. The summed E-state index contributed by atoms with van der Waals surface area (Å²) in [6, 6.07) is 15.2. The van der Waals surface area contributed by atoms with Crippen LogP contribution in [-0.4, -0.2) is 12.5 Å². The highest BCUT2D eigenvalue weighted by Crippen LogP contribution is 2.29. The molecule has 0 bridgehead atoms. The zero-order chi connectivity index (χ0) is 17.4. The number of hydrogen-bond acceptors (Lipinski definition) is 1. The van der Waals surface area contributed by atoms with Gasteiger partial charge in [0.25, 0.3) is 0 Å². The van der Waals surface area contributed by atoms with Crippen molar-refractivity contribution >= 4 is 40.9 Å². The highest BCUT2D eigenvalue weighted by molar-refractivity contribution is 6.36. The number of anilines is 1. The van der Waals surface area contributed by atoms with Crippen LogP contribution >= 0.6 is 23.2 Å². The molecule has 0 aliphatic carbocycles. The van der Waals surface area contributed by atoms with Crippen LogP contribution in [-0.2, 0) is 4.79 Å². The van der Waals surface area contributed by atoms with E-state index >= 15 is 0 Å². The van der Waals surface area contributed by atoms with Gasteiger partial charge in [0.2, 0.25) is 5.91 Å². The molecule has 2 nitrogen and oxygen atoms in total. The van der Waals surface area contributed by atoms with Gasteiger partial charge in [-0.15, -0.1) is 0 Å². The lowest BCUT2D eigenvalue weighted by Gasteiger charge is -2.23. The molecule has 0 saturated heterocycles. The van der Waals surface area contributed by atoms with Crippen LogP contribution in [0.4, 0.5) is 5.69 Å². The highest BCUT2D eigenvalue weighted by atomic mass is 35.5. The van der Waals surface area contributed by atoms with Gasteiger partial charge < -0.3 is 4.90 Å². The van der Waals surface area contributed by atoms with Gasteiger partial charge in [-0.3, -0.25) is 4.79 Å². The monoisotopic (exact) mass is 361 g/mol. The molecule has 0 aromatic heterocycles. The number of carbonyl (C=O) groups excluding carboxylic acids is 1. The Bertz CT molecular complexity index is 698. The maximum Gasteiger partial charge on any atom is 0.230 e. The molecule has 0 spiro atoms. The lowest BCUT2D eigenvalue weighted by molar-refractivity contribution is -0.117. The van der Waals surface area contributed by atoms with E-state index in [1.807, 2.05) is 42.5 Å². The number of carbonyl (C=O) groups is 1. The number of benzene rings is 2. The van der Waals surface area contributed by atoms with E-state index in [9.17, 15) is 4.79 Å². The molecular weight excluding hydrogens is 341 g/mol. The first kappa shape index (κ1) is 18.6. The van der Waals surface area contributed by atoms with Crippen molar-refractivity contribution in [2.45, 2.75) is 26.2 Å². The molecule has 0 fully saturated rings. The fourth-order valence-electron chi connectivity index (χ4n) is 2.37. The van der Waals surface area contributed by atoms with Crippen LogP contribution in [0.2, 0.25) is 10.0 Å². The van der Waals surface area contributed by atoms with Crippen molar-refractivity contribution in [3.63, 3.8) is 0 Å². The van der Waals surface area contributed by atoms with Crippen molar-refractivity contribution < 1.29 is 4.79 Å². The number of nitrogens with zero attached hydrogens (tertiary/aromatic N) is 1. The van der Waals surface area contributed by atoms with Crippen LogP contribution in [0.15, 0.2) is 54.6 Å². The van der Waals surface area contributed by atoms with Crippen LogP contribution in [0, 0.1) is 0 Å². The number of unbranched alkanes of at least 4 members (excludes halogenated alkanes) is 1. The van der Waals surface area contributed by atoms with Crippen molar-refractivity contribution in [1.82, 2.24) is 0 Å². The number of amides is 1. The molecule has 0 heterocycles. The first-order chi connectivity index (χ1) is 11.6. The number of rotatable bonds is 7. The lowest BCUT2D eigenvalue weighted by Crippen LogP contribution is -2.31. The van der Waals surface area contributed by atoms with Gasteiger partial charge in [-0.25, -0.2) is 0 Å². The predicted molar refractivity (Wildman–Crippen MR) is 104 cm³/mol. The van der Waals surface area contributed by atoms with Crippen molar-refractivity contribution in [3.8, 4) is 0 Å². The normalized spacial score (nSPS) is 11.0. The molecule has 1 amide bonds. The second-order valence-electron chi connectivity index (χ2n) is 5.51. The minimum atomic E-state index is 0.0276. The molecule has 4 heteroatoms. The molecule has 126 valence electrons. The molecule has 2 aromatic carbocycles.